The third-order valence-corrected chi connectivity index (χ3v) is 4.12. The lowest BCUT2D eigenvalue weighted by atomic mass is 10.2. The number of carbonyl (C=O) groups excluding carboxylic acids is 1. The van der Waals surface area contributed by atoms with Gasteiger partial charge in [0, 0.05) is 33.6 Å². The number of aliphatic imine (C=N–C) groups is 1. The van der Waals surface area contributed by atoms with Gasteiger partial charge in [0.05, 0.1) is 20.2 Å². The first-order valence-corrected chi connectivity index (χ1v) is 9.25. The van der Waals surface area contributed by atoms with Crippen LogP contribution in [0.2, 0.25) is 0 Å². The number of methoxy groups -OCH3 is 1. The van der Waals surface area contributed by atoms with E-state index < -0.39 is 0 Å². The lowest BCUT2D eigenvalue weighted by molar-refractivity contribution is -0.127. The molecule has 10 heteroatoms. The van der Waals surface area contributed by atoms with Crippen LogP contribution < -0.4 is 15.4 Å². The van der Waals surface area contributed by atoms with Gasteiger partial charge in [0.15, 0.2) is 5.96 Å². The van der Waals surface area contributed by atoms with Gasteiger partial charge in [-0.15, -0.1) is 34.2 Å². The maximum absolute atomic E-state index is 11.9. The van der Waals surface area contributed by atoms with Gasteiger partial charge in [0.1, 0.15) is 17.9 Å². The minimum Gasteiger partial charge on any atom is -0.497 e. The third kappa shape index (κ3) is 8.26. The van der Waals surface area contributed by atoms with E-state index in [0.717, 1.165) is 23.6 Å². The van der Waals surface area contributed by atoms with E-state index >= 15 is 0 Å². The van der Waals surface area contributed by atoms with Crippen molar-refractivity contribution in [2.45, 2.75) is 26.4 Å². The number of guanidine groups is 1. The summed E-state index contributed by atoms with van der Waals surface area (Å²) in [7, 11) is 5.09. The molecule has 9 nitrogen and oxygen atoms in total. The van der Waals surface area contributed by atoms with Crippen molar-refractivity contribution in [1.82, 2.24) is 30.3 Å². The number of nitrogens with zero attached hydrogens (tertiary/aromatic N) is 5. The van der Waals surface area contributed by atoms with Crippen molar-refractivity contribution in [3.63, 3.8) is 0 Å². The molecule has 0 saturated heterocycles. The molecule has 1 amide bonds. The number of aromatic nitrogens is 3. The zero-order valence-electron chi connectivity index (χ0n) is 17.4. The largest absolute Gasteiger partial charge is 0.497 e. The van der Waals surface area contributed by atoms with E-state index in [2.05, 4.69) is 25.8 Å². The van der Waals surface area contributed by atoms with E-state index in [-0.39, 0.29) is 36.4 Å². The van der Waals surface area contributed by atoms with Crippen LogP contribution in [0.4, 0.5) is 0 Å². The normalized spacial score (nSPS) is 10.8. The summed E-state index contributed by atoms with van der Waals surface area (Å²) in [5, 5.41) is 14.4. The first-order chi connectivity index (χ1) is 13.5. The van der Waals surface area contributed by atoms with Crippen LogP contribution in [-0.2, 0) is 24.3 Å². The quantitative estimate of drug-likeness (QED) is 0.297. The van der Waals surface area contributed by atoms with Gasteiger partial charge in [-0.3, -0.25) is 4.79 Å². The molecule has 1 aromatic carbocycles. The molecule has 29 heavy (non-hydrogen) atoms. The highest BCUT2D eigenvalue weighted by molar-refractivity contribution is 14.0. The van der Waals surface area contributed by atoms with E-state index in [1.54, 1.807) is 27.5 Å². The maximum atomic E-state index is 11.9. The average Bonchev–Trinajstić information content (AvgIpc) is 3.16. The van der Waals surface area contributed by atoms with Gasteiger partial charge in [0.25, 0.3) is 0 Å². The molecule has 0 atom stereocenters. The molecule has 0 aliphatic carbocycles. The minimum atomic E-state index is -0.0250. The summed E-state index contributed by atoms with van der Waals surface area (Å²) >= 11 is 0. The van der Waals surface area contributed by atoms with Crippen LogP contribution in [0.3, 0.4) is 0 Å². The van der Waals surface area contributed by atoms with Gasteiger partial charge in [-0.2, -0.15) is 0 Å². The molecule has 0 radical (unpaired) electrons. The lowest BCUT2D eigenvalue weighted by Gasteiger charge is -2.15. The summed E-state index contributed by atoms with van der Waals surface area (Å²) in [6.45, 7) is 4.02. The Morgan fingerprint density at radius 2 is 2.10 bits per heavy atom. The van der Waals surface area contributed by atoms with Crippen molar-refractivity contribution in [1.29, 1.82) is 0 Å². The van der Waals surface area contributed by atoms with Crippen LogP contribution in [0.1, 0.15) is 18.3 Å². The Bertz CT molecular complexity index is 792. The van der Waals surface area contributed by atoms with Crippen molar-refractivity contribution >= 4 is 35.8 Å². The Balaban J connectivity index is 0.00000420. The minimum absolute atomic E-state index is 0. The topological polar surface area (TPSA) is 96.7 Å². The highest BCUT2D eigenvalue weighted by Crippen LogP contribution is 2.13. The molecule has 2 rings (SSSR count). The van der Waals surface area contributed by atoms with E-state index in [1.165, 1.54) is 4.90 Å². The molecule has 0 unspecified atom stereocenters. The fourth-order valence-corrected chi connectivity index (χ4v) is 2.47. The first kappa shape index (κ1) is 24.7. The maximum Gasteiger partial charge on any atom is 0.241 e. The lowest BCUT2D eigenvalue weighted by Crippen LogP contribution is -2.43. The molecule has 1 heterocycles. The molecule has 0 spiro atoms. The number of ether oxygens (including phenoxy) is 1. The van der Waals surface area contributed by atoms with Gasteiger partial charge in [0.2, 0.25) is 5.91 Å². The summed E-state index contributed by atoms with van der Waals surface area (Å²) in [6, 6.07) is 7.75. The molecule has 0 saturated carbocycles. The van der Waals surface area contributed by atoms with Crippen LogP contribution >= 0.6 is 24.0 Å². The number of amides is 1. The van der Waals surface area contributed by atoms with E-state index in [1.807, 2.05) is 35.8 Å². The molecule has 0 fully saturated rings. The Kier molecular flexibility index (Phi) is 11.0. The van der Waals surface area contributed by atoms with E-state index in [4.69, 9.17) is 4.74 Å². The van der Waals surface area contributed by atoms with Crippen LogP contribution in [0.15, 0.2) is 35.6 Å². The van der Waals surface area contributed by atoms with Crippen LogP contribution in [0.5, 0.6) is 5.75 Å². The number of nitrogens with one attached hydrogen (secondary N) is 2. The molecular formula is C19H30IN7O2. The van der Waals surface area contributed by atoms with Gasteiger partial charge in [-0.25, -0.2) is 4.99 Å². The zero-order valence-corrected chi connectivity index (χ0v) is 19.7. The number of rotatable bonds is 9. The van der Waals surface area contributed by atoms with E-state index in [0.29, 0.717) is 25.6 Å². The second-order valence-corrected chi connectivity index (χ2v) is 6.38. The number of halogens is 1. The van der Waals surface area contributed by atoms with Crippen molar-refractivity contribution in [3.05, 3.63) is 42.0 Å². The monoisotopic (exact) mass is 515 g/mol. The molecule has 0 bridgehead atoms. The number of hydrogen-bond acceptors (Lipinski definition) is 5. The van der Waals surface area contributed by atoms with Gasteiger partial charge >= 0.3 is 0 Å². The molecular weight excluding hydrogens is 485 g/mol. The second-order valence-electron chi connectivity index (χ2n) is 6.38. The molecule has 0 aliphatic heterocycles. The summed E-state index contributed by atoms with van der Waals surface area (Å²) < 4.78 is 7.25. The number of carbonyl (C=O) groups is 1. The molecule has 2 aromatic rings. The summed E-state index contributed by atoms with van der Waals surface area (Å²) in [4.78, 5) is 18.0. The first-order valence-electron chi connectivity index (χ1n) is 9.25. The number of aryl methyl sites for hydroxylation is 1. The number of likely N-dealkylation sites (N-methyl/N-ethyl adjacent to an activating group) is 1. The predicted octanol–water partition coefficient (Wildman–Crippen LogP) is 1.29. The molecule has 160 valence electrons. The van der Waals surface area contributed by atoms with Crippen LogP contribution in [-0.4, -0.2) is 65.8 Å². The Labute approximate surface area is 189 Å². The third-order valence-electron chi connectivity index (χ3n) is 4.12. The van der Waals surface area contributed by atoms with Crippen LogP contribution in [0.25, 0.3) is 0 Å². The van der Waals surface area contributed by atoms with Crippen molar-refractivity contribution in [3.8, 4) is 5.75 Å². The van der Waals surface area contributed by atoms with Gasteiger partial charge < -0.3 is 24.8 Å². The molecule has 1 aromatic heterocycles. The smallest absolute Gasteiger partial charge is 0.241 e. The second kappa shape index (κ2) is 13.0. The van der Waals surface area contributed by atoms with Crippen molar-refractivity contribution < 1.29 is 9.53 Å². The highest BCUT2D eigenvalue weighted by atomic mass is 127. The standard InChI is InChI=1S/C19H29N7O2.HI/c1-5-17-24-23-14-26(17)10-9-20-19(22-13-18(27)25(2)3)21-12-15-7-6-8-16(11-15)28-4;/h6-8,11,14H,5,9-10,12-13H2,1-4H3,(H2,20,21,22);1H. The fourth-order valence-electron chi connectivity index (χ4n) is 2.47. The summed E-state index contributed by atoms with van der Waals surface area (Å²) in [5.74, 6) is 2.28. The Morgan fingerprint density at radius 1 is 1.31 bits per heavy atom. The summed E-state index contributed by atoms with van der Waals surface area (Å²) in [6.07, 6.45) is 2.54. The molecule has 2 N–H and O–H groups in total. The fraction of sp³-hybridized carbons (Fsp3) is 0.474. The zero-order chi connectivity index (χ0) is 20.4. The SMILES string of the molecule is CCc1nncn1CCNC(=NCc1cccc(OC)c1)NCC(=O)N(C)C.I. The number of benzene rings is 1. The Morgan fingerprint density at radius 3 is 2.79 bits per heavy atom. The summed E-state index contributed by atoms with van der Waals surface area (Å²) in [5.41, 5.74) is 1.02. The Hall–Kier alpha value is -2.37. The van der Waals surface area contributed by atoms with Crippen molar-refractivity contribution in [2.24, 2.45) is 4.99 Å². The number of hydrogen-bond donors (Lipinski definition) is 2. The predicted molar refractivity (Wildman–Crippen MR) is 124 cm³/mol. The van der Waals surface area contributed by atoms with Crippen molar-refractivity contribution in [2.75, 3.05) is 34.3 Å². The average molecular weight is 515 g/mol. The van der Waals surface area contributed by atoms with Gasteiger partial charge in [-0.05, 0) is 17.7 Å². The molecule has 0 aliphatic rings. The highest BCUT2D eigenvalue weighted by Gasteiger charge is 2.07. The van der Waals surface area contributed by atoms with Gasteiger partial charge in [-0.1, -0.05) is 19.1 Å². The van der Waals surface area contributed by atoms with Crippen LogP contribution in [0, 0.1) is 0 Å². The van der Waals surface area contributed by atoms with E-state index in [9.17, 15) is 4.79 Å².